The van der Waals surface area contributed by atoms with Crippen LogP contribution in [0.15, 0.2) is 53.3 Å². The van der Waals surface area contributed by atoms with Crippen molar-refractivity contribution in [3.8, 4) is 5.75 Å². The maximum Gasteiger partial charge on any atom is 0.387 e. The van der Waals surface area contributed by atoms with Crippen molar-refractivity contribution < 1.29 is 13.5 Å². The van der Waals surface area contributed by atoms with Gasteiger partial charge in [0.2, 0.25) is 0 Å². The molecule has 0 saturated carbocycles. The van der Waals surface area contributed by atoms with E-state index < -0.39 is 6.61 Å². The SMILES string of the molecule is CN(Cc1ccc(OC(F)F)cc1)Cn1nnc2ccccc2c1=O. The van der Waals surface area contributed by atoms with Crippen LogP contribution in [0.4, 0.5) is 8.78 Å². The predicted octanol–water partition coefficient (Wildman–Crippen LogP) is 2.48. The average molecular weight is 346 g/mol. The summed E-state index contributed by atoms with van der Waals surface area (Å²) in [7, 11) is 1.83. The fraction of sp³-hybridized carbons (Fsp3) is 0.235. The lowest BCUT2D eigenvalue weighted by atomic mass is 10.2. The molecular formula is C17H16F2N4O2. The van der Waals surface area contributed by atoms with E-state index in [2.05, 4.69) is 15.0 Å². The Balaban J connectivity index is 1.69. The first-order valence-electron chi connectivity index (χ1n) is 7.58. The number of fused-ring (bicyclic) bond motifs is 1. The van der Waals surface area contributed by atoms with E-state index in [-0.39, 0.29) is 18.0 Å². The monoisotopic (exact) mass is 346 g/mol. The van der Waals surface area contributed by atoms with Crippen molar-refractivity contribution in [3.63, 3.8) is 0 Å². The summed E-state index contributed by atoms with van der Waals surface area (Å²) in [6.45, 7) is -2.08. The maximum atomic E-state index is 12.4. The minimum atomic E-state index is -2.84. The molecule has 3 rings (SSSR count). The Kier molecular flexibility index (Phi) is 4.99. The Hall–Kier alpha value is -2.87. The van der Waals surface area contributed by atoms with Crippen LogP contribution in [0.1, 0.15) is 5.56 Å². The lowest BCUT2D eigenvalue weighted by molar-refractivity contribution is -0.0498. The van der Waals surface area contributed by atoms with Gasteiger partial charge in [-0.2, -0.15) is 13.5 Å². The molecule has 0 aliphatic carbocycles. The number of ether oxygens (including phenoxy) is 1. The van der Waals surface area contributed by atoms with Gasteiger partial charge < -0.3 is 4.74 Å². The summed E-state index contributed by atoms with van der Waals surface area (Å²) in [5.41, 5.74) is 1.24. The molecule has 0 atom stereocenters. The highest BCUT2D eigenvalue weighted by Crippen LogP contribution is 2.15. The number of benzene rings is 2. The highest BCUT2D eigenvalue weighted by molar-refractivity contribution is 5.76. The van der Waals surface area contributed by atoms with Crippen LogP contribution >= 0.6 is 0 Å². The molecule has 8 heteroatoms. The van der Waals surface area contributed by atoms with Crippen LogP contribution in [-0.4, -0.2) is 33.6 Å². The van der Waals surface area contributed by atoms with Crippen LogP contribution < -0.4 is 10.3 Å². The largest absolute Gasteiger partial charge is 0.435 e. The molecule has 0 bridgehead atoms. The maximum absolute atomic E-state index is 12.4. The van der Waals surface area contributed by atoms with E-state index in [0.29, 0.717) is 17.4 Å². The van der Waals surface area contributed by atoms with Crippen molar-refractivity contribution in [2.24, 2.45) is 0 Å². The number of nitrogens with zero attached hydrogens (tertiary/aromatic N) is 4. The van der Waals surface area contributed by atoms with Crippen molar-refractivity contribution in [2.45, 2.75) is 19.8 Å². The van der Waals surface area contributed by atoms with Crippen LogP contribution in [0, 0.1) is 0 Å². The molecule has 0 fully saturated rings. The van der Waals surface area contributed by atoms with E-state index >= 15 is 0 Å². The summed E-state index contributed by atoms with van der Waals surface area (Å²) in [5, 5.41) is 8.50. The summed E-state index contributed by atoms with van der Waals surface area (Å²) in [5.74, 6) is 0.109. The van der Waals surface area contributed by atoms with E-state index in [0.717, 1.165) is 5.56 Å². The predicted molar refractivity (Wildman–Crippen MR) is 88.3 cm³/mol. The van der Waals surface area contributed by atoms with Gasteiger partial charge in [-0.25, -0.2) is 0 Å². The quantitative estimate of drug-likeness (QED) is 0.686. The van der Waals surface area contributed by atoms with Gasteiger partial charge >= 0.3 is 6.61 Å². The molecule has 0 unspecified atom stereocenters. The number of halogens is 2. The molecule has 0 aliphatic rings. The fourth-order valence-corrected chi connectivity index (χ4v) is 2.48. The van der Waals surface area contributed by atoms with Gasteiger partial charge in [-0.05, 0) is 36.9 Å². The minimum absolute atomic E-state index is 0.109. The molecule has 0 radical (unpaired) electrons. The second kappa shape index (κ2) is 7.35. The zero-order valence-electron chi connectivity index (χ0n) is 13.5. The number of aromatic nitrogens is 3. The van der Waals surface area contributed by atoms with Gasteiger partial charge in [0, 0.05) is 6.54 Å². The van der Waals surface area contributed by atoms with Crippen molar-refractivity contribution >= 4 is 10.9 Å². The first-order chi connectivity index (χ1) is 12.0. The first-order valence-corrected chi connectivity index (χ1v) is 7.58. The van der Waals surface area contributed by atoms with Crippen LogP contribution in [0.3, 0.4) is 0 Å². The van der Waals surface area contributed by atoms with Gasteiger partial charge in [0.15, 0.2) is 0 Å². The molecule has 1 aromatic heterocycles. The lowest BCUT2D eigenvalue weighted by Gasteiger charge is -2.17. The molecular weight excluding hydrogens is 330 g/mol. The Bertz CT molecular complexity index is 912. The Morgan fingerprint density at radius 2 is 1.88 bits per heavy atom. The summed E-state index contributed by atoms with van der Waals surface area (Å²) in [6, 6.07) is 13.4. The lowest BCUT2D eigenvalue weighted by Crippen LogP contribution is -2.32. The normalized spacial score (nSPS) is 11.4. The average Bonchev–Trinajstić information content (AvgIpc) is 2.59. The van der Waals surface area contributed by atoms with E-state index in [1.807, 2.05) is 11.9 Å². The Morgan fingerprint density at radius 1 is 1.16 bits per heavy atom. The Morgan fingerprint density at radius 3 is 2.60 bits per heavy atom. The standard InChI is InChI=1S/C17H16F2N4O2/c1-22(10-12-6-8-13(9-7-12)25-17(18)19)11-23-16(24)14-4-2-3-5-15(14)20-21-23/h2-9,17H,10-11H2,1H3. The number of alkyl halides is 2. The van der Waals surface area contributed by atoms with Gasteiger partial charge in [0.1, 0.15) is 11.3 Å². The molecule has 0 amide bonds. The van der Waals surface area contributed by atoms with Crippen molar-refractivity contribution in [1.29, 1.82) is 0 Å². The Labute approximate surface area is 142 Å². The van der Waals surface area contributed by atoms with Crippen LogP contribution in [0.2, 0.25) is 0 Å². The third-order valence-corrected chi connectivity index (χ3v) is 3.61. The molecule has 0 spiro atoms. The molecule has 2 aromatic carbocycles. The molecule has 130 valence electrons. The number of hydrogen-bond acceptors (Lipinski definition) is 5. The molecule has 0 N–H and O–H groups in total. The highest BCUT2D eigenvalue weighted by Gasteiger charge is 2.09. The zero-order chi connectivity index (χ0) is 17.8. The minimum Gasteiger partial charge on any atom is -0.435 e. The zero-order valence-corrected chi connectivity index (χ0v) is 13.5. The summed E-state index contributed by atoms with van der Waals surface area (Å²) >= 11 is 0. The summed E-state index contributed by atoms with van der Waals surface area (Å²) < 4.78 is 29.9. The van der Waals surface area contributed by atoms with Crippen LogP contribution in [-0.2, 0) is 13.2 Å². The van der Waals surface area contributed by atoms with Gasteiger partial charge in [-0.3, -0.25) is 9.69 Å². The number of hydrogen-bond donors (Lipinski definition) is 0. The van der Waals surface area contributed by atoms with Crippen molar-refractivity contribution in [3.05, 3.63) is 64.4 Å². The number of rotatable bonds is 6. The molecule has 1 heterocycles. The van der Waals surface area contributed by atoms with E-state index in [1.54, 1.807) is 36.4 Å². The third-order valence-electron chi connectivity index (χ3n) is 3.61. The summed E-state index contributed by atoms with van der Waals surface area (Å²) in [6.07, 6.45) is 0. The van der Waals surface area contributed by atoms with E-state index in [9.17, 15) is 13.6 Å². The van der Waals surface area contributed by atoms with Crippen molar-refractivity contribution in [1.82, 2.24) is 19.9 Å². The third kappa shape index (κ3) is 4.16. The smallest absolute Gasteiger partial charge is 0.387 e. The first kappa shape index (κ1) is 17.0. The van der Waals surface area contributed by atoms with Gasteiger partial charge in [0.25, 0.3) is 5.56 Å². The topological polar surface area (TPSA) is 60.2 Å². The molecule has 25 heavy (non-hydrogen) atoms. The molecule has 0 aliphatic heterocycles. The van der Waals surface area contributed by atoms with Gasteiger partial charge in [-0.1, -0.05) is 29.5 Å². The second-order valence-electron chi connectivity index (χ2n) is 5.59. The van der Waals surface area contributed by atoms with Crippen LogP contribution in [0.5, 0.6) is 5.75 Å². The van der Waals surface area contributed by atoms with Crippen molar-refractivity contribution in [2.75, 3.05) is 7.05 Å². The van der Waals surface area contributed by atoms with E-state index in [1.165, 1.54) is 16.8 Å². The second-order valence-corrected chi connectivity index (χ2v) is 5.59. The van der Waals surface area contributed by atoms with Gasteiger partial charge in [0.05, 0.1) is 12.1 Å². The molecule has 3 aromatic rings. The highest BCUT2D eigenvalue weighted by atomic mass is 19.3. The van der Waals surface area contributed by atoms with Gasteiger partial charge in [-0.15, -0.1) is 5.10 Å². The van der Waals surface area contributed by atoms with Crippen LogP contribution in [0.25, 0.3) is 10.9 Å². The summed E-state index contributed by atoms with van der Waals surface area (Å²) in [4.78, 5) is 14.3. The molecule has 6 nitrogen and oxygen atoms in total. The van der Waals surface area contributed by atoms with E-state index in [4.69, 9.17) is 0 Å². The molecule has 0 saturated heterocycles. The fourth-order valence-electron chi connectivity index (χ4n) is 2.48.